The van der Waals surface area contributed by atoms with Gasteiger partial charge in [-0.15, -0.1) is 0 Å². The van der Waals surface area contributed by atoms with E-state index in [1.54, 1.807) is 0 Å². The Balaban J connectivity index is 2.27. The van der Waals surface area contributed by atoms with E-state index in [1.165, 1.54) is 16.9 Å². The molecule has 2 aromatic rings. The van der Waals surface area contributed by atoms with Gasteiger partial charge in [0.15, 0.2) is 0 Å². The summed E-state index contributed by atoms with van der Waals surface area (Å²) in [5.74, 6) is 0. The maximum atomic E-state index is 11.5. The molecule has 4 nitrogen and oxygen atoms in total. The van der Waals surface area contributed by atoms with Crippen molar-refractivity contribution in [2.24, 2.45) is 0 Å². The van der Waals surface area contributed by atoms with Crippen LogP contribution in [0.1, 0.15) is 5.56 Å². The number of anilines is 1. The summed E-state index contributed by atoms with van der Waals surface area (Å²) in [6.07, 6.45) is 1.47. The van der Waals surface area contributed by atoms with Gasteiger partial charge in [-0.3, -0.25) is 4.79 Å². The average Bonchev–Trinajstić information content (AvgIpc) is 2.25. The fourth-order valence-electron chi connectivity index (χ4n) is 1.33. The Hall–Kier alpha value is -1.62. The van der Waals surface area contributed by atoms with Crippen LogP contribution in [0.3, 0.4) is 0 Å². The Labute approximate surface area is 101 Å². The molecule has 1 aromatic carbocycles. The number of rotatable bonds is 2. The number of nitrogen functional groups attached to an aromatic ring is 1. The largest absolute Gasteiger partial charge is 0.397 e. The van der Waals surface area contributed by atoms with Crippen molar-refractivity contribution in [2.45, 2.75) is 6.54 Å². The number of nitrogens with zero attached hydrogens (tertiary/aromatic N) is 2. The van der Waals surface area contributed by atoms with E-state index in [9.17, 15) is 4.79 Å². The first-order chi connectivity index (χ1) is 7.65. The molecule has 2 rings (SSSR count). The van der Waals surface area contributed by atoms with Crippen LogP contribution < -0.4 is 11.3 Å². The van der Waals surface area contributed by atoms with E-state index in [1.807, 2.05) is 24.3 Å². The van der Waals surface area contributed by atoms with Crippen molar-refractivity contribution in [3.63, 3.8) is 0 Å². The van der Waals surface area contributed by atoms with Crippen LogP contribution in [0, 0.1) is 0 Å². The highest BCUT2D eigenvalue weighted by molar-refractivity contribution is 9.10. The van der Waals surface area contributed by atoms with Gasteiger partial charge in [0.2, 0.25) is 0 Å². The lowest BCUT2D eigenvalue weighted by Gasteiger charge is -2.04. The van der Waals surface area contributed by atoms with Crippen LogP contribution in [0.5, 0.6) is 0 Å². The Kier molecular flexibility index (Phi) is 3.05. The van der Waals surface area contributed by atoms with Gasteiger partial charge in [0.05, 0.1) is 18.4 Å². The lowest BCUT2D eigenvalue weighted by molar-refractivity contribution is 0.640. The van der Waals surface area contributed by atoms with Crippen molar-refractivity contribution < 1.29 is 0 Å². The normalized spacial score (nSPS) is 10.3. The molecule has 1 aromatic heterocycles. The molecule has 0 aliphatic carbocycles. The molecule has 0 unspecified atom stereocenters. The van der Waals surface area contributed by atoms with Gasteiger partial charge in [0.25, 0.3) is 5.56 Å². The first-order valence-corrected chi connectivity index (χ1v) is 5.51. The topological polar surface area (TPSA) is 60.9 Å². The minimum Gasteiger partial charge on any atom is -0.397 e. The summed E-state index contributed by atoms with van der Waals surface area (Å²) in [5.41, 5.74) is 6.67. The number of hydrogen-bond donors (Lipinski definition) is 1. The molecular formula is C11H10BrN3O. The predicted molar refractivity (Wildman–Crippen MR) is 66.2 cm³/mol. The molecule has 0 bridgehead atoms. The van der Waals surface area contributed by atoms with E-state index in [0.717, 1.165) is 10.0 Å². The highest BCUT2D eigenvalue weighted by Crippen LogP contribution is 2.10. The molecule has 0 amide bonds. The molecule has 0 fully saturated rings. The molecule has 5 heteroatoms. The summed E-state index contributed by atoms with van der Waals surface area (Å²) >= 11 is 3.35. The van der Waals surface area contributed by atoms with E-state index in [0.29, 0.717) is 12.2 Å². The highest BCUT2D eigenvalue weighted by atomic mass is 79.9. The van der Waals surface area contributed by atoms with E-state index < -0.39 is 0 Å². The van der Waals surface area contributed by atoms with Crippen LogP contribution in [0.25, 0.3) is 0 Å². The smallest absolute Gasteiger partial charge is 0.269 e. The Morgan fingerprint density at radius 2 is 2.00 bits per heavy atom. The van der Waals surface area contributed by atoms with Gasteiger partial charge in [0.1, 0.15) is 0 Å². The molecule has 0 aliphatic rings. The van der Waals surface area contributed by atoms with Gasteiger partial charge in [-0.05, 0) is 17.7 Å². The van der Waals surface area contributed by atoms with Gasteiger partial charge in [-0.2, -0.15) is 5.10 Å². The maximum absolute atomic E-state index is 11.5. The number of aromatic nitrogens is 2. The summed E-state index contributed by atoms with van der Waals surface area (Å²) in [6, 6.07) is 9.10. The average molecular weight is 280 g/mol. The number of hydrogen-bond acceptors (Lipinski definition) is 3. The summed E-state index contributed by atoms with van der Waals surface area (Å²) in [7, 11) is 0. The molecule has 0 saturated carbocycles. The van der Waals surface area contributed by atoms with Crippen molar-refractivity contribution in [1.29, 1.82) is 0 Å². The first kappa shape index (κ1) is 10.9. The van der Waals surface area contributed by atoms with Crippen LogP contribution >= 0.6 is 15.9 Å². The van der Waals surface area contributed by atoms with Crippen molar-refractivity contribution >= 4 is 21.6 Å². The molecule has 16 heavy (non-hydrogen) atoms. The molecule has 0 aliphatic heterocycles. The number of halogens is 1. The van der Waals surface area contributed by atoms with Gasteiger partial charge in [0, 0.05) is 10.5 Å². The molecule has 0 atom stereocenters. The monoisotopic (exact) mass is 279 g/mol. The Bertz CT molecular complexity index is 548. The summed E-state index contributed by atoms with van der Waals surface area (Å²) in [6.45, 7) is 0.451. The van der Waals surface area contributed by atoms with Crippen LogP contribution in [-0.4, -0.2) is 9.78 Å². The quantitative estimate of drug-likeness (QED) is 0.909. The van der Waals surface area contributed by atoms with E-state index in [4.69, 9.17) is 5.73 Å². The van der Waals surface area contributed by atoms with Gasteiger partial charge in [-0.25, -0.2) is 4.68 Å². The molecule has 1 heterocycles. The second kappa shape index (κ2) is 4.49. The summed E-state index contributed by atoms with van der Waals surface area (Å²) in [4.78, 5) is 11.5. The number of benzene rings is 1. The van der Waals surface area contributed by atoms with E-state index in [-0.39, 0.29) is 5.56 Å². The molecule has 0 radical (unpaired) electrons. The first-order valence-electron chi connectivity index (χ1n) is 4.72. The Morgan fingerprint density at radius 1 is 1.31 bits per heavy atom. The van der Waals surface area contributed by atoms with Crippen molar-refractivity contribution in [3.05, 3.63) is 56.9 Å². The molecule has 0 spiro atoms. The third kappa shape index (κ3) is 2.49. The lowest BCUT2D eigenvalue weighted by atomic mass is 10.2. The zero-order chi connectivity index (χ0) is 11.5. The fraction of sp³-hybridized carbons (Fsp3) is 0.0909. The third-order valence-electron chi connectivity index (χ3n) is 2.14. The maximum Gasteiger partial charge on any atom is 0.269 e. The molecule has 0 saturated heterocycles. The second-order valence-electron chi connectivity index (χ2n) is 3.41. The Morgan fingerprint density at radius 3 is 2.62 bits per heavy atom. The highest BCUT2D eigenvalue weighted by Gasteiger charge is 1.99. The van der Waals surface area contributed by atoms with Crippen molar-refractivity contribution in [1.82, 2.24) is 9.78 Å². The summed E-state index contributed by atoms with van der Waals surface area (Å²) < 4.78 is 2.38. The van der Waals surface area contributed by atoms with Crippen LogP contribution in [0.2, 0.25) is 0 Å². The fourth-order valence-corrected chi connectivity index (χ4v) is 1.59. The zero-order valence-corrected chi connectivity index (χ0v) is 10.0. The zero-order valence-electron chi connectivity index (χ0n) is 8.43. The van der Waals surface area contributed by atoms with Crippen molar-refractivity contribution in [3.8, 4) is 0 Å². The van der Waals surface area contributed by atoms with Crippen LogP contribution in [0.4, 0.5) is 5.69 Å². The molecule has 2 N–H and O–H groups in total. The molecule has 82 valence electrons. The number of nitrogens with two attached hydrogens (primary N) is 1. The standard InChI is InChI=1S/C11H10BrN3O/c12-9-3-1-8(2-4-9)7-15-11(16)5-10(13)6-14-15/h1-6H,7,13H2. The van der Waals surface area contributed by atoms with E-state index in [2.05, 4.69) is 21.0 Å². The minimum atomic E-state index is -0.192. The van der Waals surface area contributed by atoms with Gasteiger partial charge >= 0.3 is 0 Å². The van der Waals surface area contributed by atoms with Crippen molar-refractivity contribution in [2.75, 3.05) is 5.73 Å². The van der Waals surface area contributed by atoms with Crippen LogP contribution in [-0.2, 0) is 6.54 Å². The predicted octanol–water partition coefficient (Wildman–Crippen LogP) is 1.64. The summed E-state index contributed by atoms with van der Waals surface area (Å²) in [5, 5.41) is 3.96. The second-order valence-corrected chi connectivity index (χ2v) is 4.33. The minimum absolute atomic E-state index is 0.192. The third-order valence-corrected chi connectivity index (χ3v) is 2.66. The lowest BCUT2D eigenvalue weighted by Crippen LogP contribution is -2.22. The van der Waals surface area contributed by atoms with Crippen LogP contribution in [0.15, 0.2) is 45.8 Å². The SMILES string of the molecule is Nc1cnn(Cc2ccc(Br)cc2)c(=O)c1. The molecular weight excluding hydrogens is 270 g/mol. The van der Waals surface area contributed by atoms with E-state index >= 15 is 0 Å². The van der Waals surface area contributed by atoms with Gasteiger partial charge < -0.3 is 5.73 Å². The van der Waals surface area contributed by atoms with Gasteiger partial charge in [-0.1, -0.05) is 28.1 Å².